The van der Waals surface area contributed by atoms with Crippen LogP contribution in [0.2, 0.25) is 0 Å². The largest absolute Gasteiger partial charge is 0.276 e. The van der Waals surface area contributed by atoms with Gasteiger partial charge >= 0.3 is 0 Å². The van der Waals surface area contributed by atoms with Gasteiger partial charge in [0.25, 0.3) is 0 Å². The molecular weight excluding hydrogens is 296 g/mol. The van der Waals surface area contributed by atoms with Crippen LogP contribution in [0.4, 0.5) is 0 Å². The van der Waals surface area contributed by atoms with Crippen molar-refractivity contribution in [1.29, 1.82) is 0 Å². The Morgan fingerprint density at radius 2 is 1.46 bits per heavy atom. The smallest absolute Gasteiger partial charge is 0.231 e. The average Bonchev–Trinajstić information content (AvgIpc) is 3.13. The molecule has 0 aliphatic rings. The second-order valence-corrected chi connectivity index (χ2v) is 6.70. The lowest BCUT2D eigenvalue weighted by atomic mass is 10.1. The Morgan fingerprint density at radius 1 is 0.875 bits per heavy atom. The predicted octanol–water partition coefficient (Wildman–Crippen LogP) is 6.56. The minimum absolute atomic E-state index is 0.158. The fourth-order valence-electron chi connectivity index (χ4n) is 2.88. The number of allylic oxidation sites excluding steroid dienone is 2. The number of nitrogens with zero attached hydrogens (tertiary/aromatic N) is 2. The molecule has 0 fully saturated rings. The van der Waals surface area contributed by atoms with Crippen LogP contribution in [0.5, 0.6) is 0 Å². The van der Waals surface area contributed by atoms with E-state index in [2.05, 4.69) is 24.1 Å². The Morgan fingerprint density at radius 3 is 2.04 bits per heavy atom. The molecule has 0 amide bonds. The highest BCUT2D eigenvalue weighted by atomic mass is 16.2. The topological polar surface area (TPSA) is 34.9 Å². The third kappa shape index (κ3) is 11.2. The summed E-state index contributed by atoms with van der Waals surface area (Å²) < 4.78 is 1.58. The minimum atomic E-state index is 0.158. The molecule has 0 atom stereocenters. The van der Waals surface area contributed by atoms with E-state index < -0.39 is 0 Å². The van der Waals surface area contributed by atoms with E-state index in [1.54, 1.807) is 23.3 Å². The number of carbonyl (C=O) groups is 1. The first kappa shape index (κ1) is 20.7. The van der Waals surface area contributed by atoms with E-state index in [-0.39, 0.29) is 5.91 Å². The first-order valence-corrected chi connectivity index (χ1v) is 10.0. The van der Waals surface area contributed by atoms with E-state index in [4.69, 9.17) is 0 Å². The Labute approximate surface area is 148 Å². The molecule has 0 radical (unpaired) electrons. The maximum Gasteiger partial charge on any atom is 0.231 e. The van der Waals surface area contributed by atoms with Crippen molar-refractivity contribution in [3.63, 3.8) is 0 Å². The molecule has 24 heavy (non-hydrogen) atoms. The SMILES string of the molecule is CCCCCCCC/C=C/CCCCCCCC(=O)n1ccnc1. The van der Waals surface area contributed by atoms with Gasteiger partial charge in [0.05, 0.1) is 0 Å². The highest BCUT2D eigenvalue weighted by molar-refractivity contribution is 5.78. The zero-order valence-electron chi connectivity index (χ0n) is 15.6. The van der Waals surface area contributed by atoms with Crippen molar-refractivity contribution in [3.8, 4) is 0 Å². The first-order valence-electron chi connectivity index (χ1n) is 10.0. The van der Waals surface area contributed by atoms with Gasteiger partial charge < -0.3 is 0 Å². The highest BCUT2D eigenvalue weighted by Gasteiger charge is 2.02. The Kier molecular flexibility index (Phi) is 13.1. The molecule has 3 heteroatoms. The molecule has 1 heterocycles. The van der Waals surface area contributed by atoms with E-state index in [0.29, 0.717) is 6.42 Å². The zero-order chi connectivity index (χ0) is 17.3. The van der Waals surface area contributed by atoms with Crippen LogP contribution in [0.3, 0.4) is 0 Å². The molecule has 1 rings (SSSR count). The fourth-order valence-corrected chi connectivity index (χ4v) is 2.88. The summed E-state index contributed by atoms with van der Waals surface area (Å²) in [6, 6.07) is 0. The third-order valence-corrected chi connectivity index (χ3v) is 4.44. The number of carbonyl (C=O) groups excluding carboxylic acids is 1. The molecule has 1 aromatic heterocycles. The van der Waals surface area contributed by atoms with E-state index in [1.807, 2.05) is 0 Å². The molecule has 1 aromatic rings. The van der Waals surface area contributed by atoms with Gasteiger partial charge in [0, 0.05) is 18.8 Å². The van der Waals surface area contributed by atoms with Gasteiger partial charge in [-0.05, 0) is 32.1 Å². The van der Waals surface area contributed by atoms with E-state index in [0.717, 1.165) is 12.8 Å². The standard InChI is InChI=1S/C21H36N2O/c1-2-3-4-5-6-7-8-9-10-11-12-13-14-15-16-17-21(24)23-19-18-22-20-23/h9-10,18-20H,2-8,11-17H2,1H3/b10-9+. The average molecular weight is 333 g/mol. The molecule has 0 aliphatic carbocycles. The number of unbranched alkanes of at least 4 members (excludes halogenated alkanes) is 11. The lowest BCUT2D eigenvalue weighted by Gasteiger charge is -2.01. The molecule has 0 N–H and O–H groups in total. The quantitative estimate of drug-likeness (QED) is 0.269. The summed E-state index contributed by atoms with van der Waals surface area (Å²) in [5.41, 5.74) is 0. The Bertz CT molecular complexity index is 423. The summed E-state index contributed by atoms with van der Waals surface area (Å²) in [6.45, 7) is 2.27. The van der Waals surface area contributed by atoms with Crippen LogP contribution in [-0.4, -0.2) is 15.5 Å². The van der Waals surface area contributed by atoms with Gasteiger partial charge in [0.1, 0.15) is 6.33 Å². The van der Waals surface area contributed by atoms with Crippen molar-refractivity contribution in [2.75, 3.05) is 0 Å². The maximum absolute atomic E-state index is 11.8. The van der Waals surface area contributed by atoms with Gasteiger partial charge in [-0.3, -0.25) is 9.36 Å². The molecular formula is C21H36N2O. The van der Waals surface area contributed by atoms with Crippen LogP contribution in [-0.2, 0) is 0 Å². The molecule has 0 aliphatic heterocycles. The maximum atomic E-state index is 11.8. The Balaban J connectivity index is 1.80. The summed E-state index contributed by atoms with van der Waals surface area (Å²) in [6.07, 6.45) is 27.0. The molecule has 3 nitrogen and oxygen atoms in total. The minimum Gasteiger partial charge on any atom is -0.276 e. The molecule has 0 unspecified atom stereocenters. The van der Waals surface area contributed by atoms with Crippen molar-refractivity contribution < 1.29 is 4.79 Å². The third-order valence-electron chi connectivity index (χ3n) is 4.44. The summed E-state index contributed by atoms with van der Waals surface area (Å²) in [7, 11) is 0. The fraction of sp³-hybridized carbons (Fsp3) is 0.714. The number of rotatable bonds is 15. The van der Waals surface area contributed by atoms with E-state index in [9.17, 15) is 4.79 Å². The normalized spacial score (nSPS) is 11.4. The van der Waals surface area contributed by atoms with Crippen molar-refractivity contribution in [2.45, 2.75) is 96.8 Å². The van der Waals surface area contributed by atoms with Crippen molar-refractivity contribution >= 4 is 5.91 Å². The highest BCUT2D eigenvalue weighted by Crippen LogP contribution is 2.10. The molecule has 0 bridgehead atoms. The van der Waals surface area contributed by atoms with Gasteiger partial charge in [-0.2, -0.15) is 0 Å². The second-order valence-electron chi connectivity index (χ2n) is 6.70. The van der Waals surface area contributed by atoms with Gasteiger partial charge in [0.15, 0.2) is 0 Å². The van der Waals surface area contributed by atoms with Crippen molar-refractivity contribution in [2.24, 2.45) is 0 Å². The van der Waals surface area contributed by atoms with Crippen LogP contribution in [0.1, 0.15) is 102 Å². The van der Waals surface area contributed by atoms with Crippen LogP contribution in [0.15, 0.2) is 30.9 Å². The summed E-state index contributed by atoms with van der Waals surface area (Å²) in [5.74, 6) is 0.158. The lowest BCUT2D eigenvalue weighted by molar-refractivity contribution is 0.0898. The van der Waals surface area contributed by atoms with Crippen LogP contribution >= 0.6 is 0 Å². The summed E-state index contributed by atoms with van der Waals surface area (Å²) >= 11 is 0. The molecule has 0 saturated heterocycles. The molecule has 0 saturated carbocycles. The molecule has 0 aromatic carbocycles. The van der Waals surface area contributed by atoms with Crippen LogP contribution in [0, 0.1) is 0 Å². The van der Waals surface area contributed by atoms with Crippen molar-refractivity contribution in [3.05, 3.63) is 30.9 Å². The van der Waals surface area contributed by atoms with Crippen LogP contribution in [0.25, 0.3) is 0 Å². The second kappa shape index (κ2) is 15.2. The van der Waals surface area contributed by atoms with Gasteiger partial charge in [0.2, 0.25) is 5.91 Å². The monoisotopic (exact) mass is 332 g/mol. The van der Waals surface area contributed by atoms with Crippen molar-refractivity contribution in [1.82, 2.24) is 9.55 Å². The lowest BCUT2D eigenvalue weighted by Crippen LogP contribution is -2.07. The molecule has 0 spiro atoms. The van der Waals surface area contributed by atoms with Gasteiger partial charge in [-0.15, -0.1) is 0 Å². The predicted molar refractivity (Wildman–Crippen MR) is 102 cm³/mol. The van der Waals surface area contributed by atoms with Crippen LogP contribution < -0.4 is 0 Å². The van der Waals surface area contributed by atoms with E-state index >= 15 is 0 Å². The van der Waals surface area contributed by atoms with E-state index in [1.165, 1.54) is 70.6 Å². The summed E-state index contributed by atoms with van der Waals surface area (Å²) in [4.78, 5) is 15.7. The van der Waals surface area contributed by atoms with Gasteiger partial charge in [-0.1, -0.05) is 70.4 Å². The number of aromatic nitrogens is 2. The zero-order valence-corrected chi connectivity index (χ0v) is 15.6. The number of hydrogen-bond acceptors (Lipinski definition) is 2. The molecule has 136 valence electrons. The number of hydrogen-bond donors (Lipinski definition) is 0. The summed E-state index contributed by atoms with van der Waals surface area (Å²) in [5, 5.41) is 0. The first-order chi connectivity index (χ1) is 11.8. The number of imidazole rings is 1. The Hall–Kier alpha value is -1.38. The van der Waals surface area contributed by atoms with Gasteiger partial charge in [-0.25, -0.2) is 4.98 Å².